The second kappa shape index (κ2) is 4.86. The van der Waals surface area contributed by atoms with Gasteiger partial charge in [-0.25, -0.2) is 0 Å². The van der Waals surface area contributed by atoms with Crippen molar-refractivity contribution in [3.05, 3.63) is 29.0 Å². The molecule has 0 bridgehead atoms. The van der Waals surface area contributed by atoms with Crippen LogP contribution in [0, 0.1) is 10.7 Å². The van der Waals surface area contributed by atoms with Crippen LogP contribution in [0.1, 0.15) is 12.8 Å². The maximum atomic E-state index is 5.42. The van der Waals surface area contributed by atoms with E-state index in [0.717, 1.165) is 22.8 Å². The first kappa shape index (κ1) is 11.4. The molecule has 1 N–H and O–H groups in total. The van der Waals surface area contributed by atoms with Gasteiger partial charge in [-0.1, -0.05) is 12.1 Å². The number of hydrogen-bond acceptors (Lipinski definition) is 2. The maximum Gasteiger partial charge on any atom is 0.178 e. The summed E-state index contributed by atoms with van der Waals surface area (Å²) in [5.74, 6) is 3.41. The fourth-order valence-corrected chi connectivity index (χ4v) is 3.96. The topological polar surface area (TPSA) is 20.7 Å². The van der Waals surface area contributed by atoms with Crippen molar-refractivity contribution < 1.29 is 0 Å². The molecule has 0 atom stereocenters. The van der Waals surface area contributed by atoms with Gasteiger partial charge in [-0.2, -0.15) is 11.8 Å². The molecular formula is C13H16N2S2. The molecule has 1 aromatic carbocycles. The molecule has 4 heteroatoms. The maximum absolute atomic E-state index is 5.42. The summed E-state index contributed by atoms with van der Waals surface area (Å²) in [6.07, 6.45) is 2.65. The molecule has 0 radical (unpaired) electrons. The molecule has 0 saturated carbocycles. The number of fused-ring (bicyclic) bond motifs is 1. The molecule has 0 unspecified atom stereocenters. The van der Waals surface area contributed by atoms with Crippen molar-refractivity contribution in [2.75, 3.05) is 11.5 Å². The number of hydrogen-bond donors (Lipinski definition) is 1. The predicted molar refractivity (Wildman–Crippen MR) is 77.2 cm³/mol. The summed E-state index contributed by atoms with van der Waals surface area (Å²) in [5.41, 5.74) is 2.40. The Labute approximate surface area is 110 Å². The van der Waals surface area contributed by atoms with Gasteiger partial charge in [0, 0.05) is 6.54 Å². The minimum Gasteiger partial charge on any atom is -0.331 e. The summed E-state index contributed by atoms with van der Waals surface area (Å²) >= 11 is 7.50. The zero-order valence-electron chi connectivity index (χ0n) is 9.69. The number of rotatable bonds is 2. The van der Waals surface area contributed by atoms with E-state index < -0.39 is 0 Å². The lowest BCUT2D eigenvalue weighted by Crippen LogP contribution is -2.16. The van der Waals surface area contributed by atoms with E-state index in [-0.39, 0.29) is 0 Å². The van der Waals surface area contributed by atoms with Gasteiger partial charge in [-0.3, -0.25) is 0 Å². The predicted octanol–water partition coefficient (Wildman–Crippen LogP) is 3.84. The van der Waals surface area contributed by atoms with Crippen LogP contribution in [0.2, 0.25) is 0 Å². The number of benzene rings is 1. The van der Waals surface area contributed by atoms with Gasteiger partial charge in [0.25, 0.3) is 0 Å². The van der Waals surface area contributed by atoms with Gasteiger partial charge in [0.1, 0.15) is 0 Å². The lowest BCUT2D eigenvalue weighted by Gasteiger charge is -2.21. The smallest absolute Gasteiger partial charge is 0.178 e. The molecule has 3 rings (SSSR count). The molecule has 0 amide bonds. The van der Waals surface area contributed by atoms with Crippen LogP contribution in [-0.2, 0) is 6.54 Å². The molecule has 2 nitrogen and oxygen atoms in total. The van der Waals surface area contributed by atoms with Crippen LogP contribution < -0.4 is 0 Å². The summed E-state index contributed by atoms with van der Waals surface area (Å²) in [6, 6.07) is 8.38. The van der Waals surface area contributed by atoms with Crippen molar-refractivity contribution >= 4 is 35.0 Å². The van der Waals surface area contributed by atoms with Crippen molar-refractivity contribution in [1.29, 1.82) is 0 Å². The third-order valence-corrected chi connectivity index (χ3v) is 4.83. The minimum absolute atomic E-state index is 0.794. The quantitative estimate of drug-likeness (QED) is 0.832. The fraction of sp³-hybridized carbons (Fsp3) is 0.462. The van der Waals surface area contributed by atoms with Crippen molar-refractivity contribution in [3.8, 4) is 0 Å². The van der Waals surface area contributed by atoms with Crippen LogP contribution in [0.5, 0.6) is 0 Å². The van der Waals surface area contributed by atoms with E-state index in [4.69, 9.17) is 12.2 Å². The average molecular weight is 264 g/mol. The minimum atomic E-state index is 0.794. The summed E-state index contributed by atoms with van der Waals surface area (Å²) in [5, 5.41) is 0. The largest absolute Gasteiger partial charge is 0.331 e. The van der Waals surface area contributed by atoms with Gasteiger partial charge in [0.15, 0.2) is 4.77 Å². The van der Waals surface area contributed by atoms with E-state index in [9.17, 15) is 0 Å². The Morgan fingerprint density at radius 1 is 1.29 bits per heavy atom. The van der Waals surface area contributed by atoms with Gasteiger partial charge in [0.2, 0.25) is 0 Å². The zero-order valence-corrected chi connectivity index (χ0v) is 11.3. The zero-order chi connectivity index (χ0) is 11.7. The Kier molecular flexibility index (Phi) is 3.25. The van der Waals surface area contributed by atoms with Crippen molar-refractivity contribution in [2.24, 2.45) is 5.92 Å². The fourth-order valence-electron chi connectivity index (χ4n) is 2.48. The summed E-state index contributed by atoms with van der Waals surface area (Å²) < 4.78 is 3.13. The van der Waals surface area contributed by atoms with Crippen LogP contribution in [0.25, 0.3) is 11.0 Å². The highest BCUT2D eigenvalue weighted by molar-refractivity contribution is 7.99. The van der Waals surface area contributed by atoms with E-state index in [2.05, 4.69) is 45.6 Å². The number of H-pyrrole nitrogens is 1. The monoisotopic (exact) mass is 264 g/mol. The molecule has 1 saturated heterocycles. The third kappa shape index (κ3) is 2.29. The average Bonchev–Trinajstić information content (AvgIpc) is 2.68. The molecule has 0 spiro atoms. The second-order valence-electron chi connectivity index (χ2n) is 4.61. The lowest BCUT2D eigenvalue weighted by atomic mass is 10.0. The number of nitrogens with zero attached hydrogens (tertiary/aromatic N) is 1. The summed E-state index contributed by atoms with van der Waals surface area (Å²) in [7, 11) is 0. The van der Waals surface area contributed by atoms with Gasteiger partial charge >= 0.3 is 0 Å². The van der Waals surface area contributed by atoms with Gasteiger partial charge in [-0.15, -0.1) is 0 Å². The number of imidazole rings is 1. The Morgan fingerprint density at radius 2 is 2.06 bits per heavy atom. The summed E-state index contributed by atoms with van der Waals surface area (Å²) in [4.78, 5) is 3.29. The highest BCUT2D eigenvalue weighted by atomic mass is 32.2. The van der Waals surface area contributed by atoms with Crippen molar-refractivity contribution in [1.82, 2.24) is 9.55 Å². The molecule has 2 heterocycles. The van der Waals surface area contributed by atoms with Crippen LogP contribution in [0.4, 0.5) is 0 Å². The Hall–Kier alpha value is -0.740. The Balaban J connectivity index is 1.93. The molecular weight excluding hydrogens is 248 g/mol. The van der Waals surface area contributed by atoms with Gasteiger partial charge < -0.3 is 9.55 Å². The van der Waals surface area contributed by atoms with E-state index >= 15 is 0 Å². The van der Waals surface area contributed by atoms with E-state index in [1.807, 2.05) is 0 Å². The van der Waals surface area contributed by atoms with Gasteiger partial charge in [0.05, 0.1) is 11.0 Å². The van der Waals surface area contributed by atoms with Crippen LogP contribution in [0.3, 0.4) is 0 Å². The molecule has 0 aliphatic carbocycles. The van der Waals surface area contributed by atoms with Crippen LogP contribution in [0.15, 0.2) is 24.3 Å². The first-order chi connectivity index (χ1) is 8.34. The number of aromatic nitrogens is 2. The first-order valence-electron chi connectivity index (χ1n) is 6.10. The second-order valence-corrected chi connectivity index (χ2v) is 6.23. The Bertz CT molecular complexity index is 564. The molecule has 1 aliphatic heterocycles. The number of aromatic amines is 1. The highest BCUT2D eigenvalue weighted by Crippen LogP contribution is 2.25. The number of para-hydroxylation sites is 2. The van der Waals surface area contributed by atoms with Crippen molar-refractivity contribution in [2.45, 2.75) is 19.4 Å². The first-order valence-corrected chi connectivity index (χ1v) is 7.66. The number of nitrogens with one attached hydrogen (secondary N) is 1. The van der Waals surface area contributed by atoms with Gasteiger partial charge in [-0.05, 0) is 54.6 Å². The summed E-state index contributed by atoms with van der Waals surface area (Å²) in [6.45, 7) is 1.07. The highest BCUT2D eigenvalue weighted by Gasteiger charge is 2.15. The van der Waals surface area contributed by atoms with E-state index in [1.165, 1.54) is 29.9 Å². The van der Waals surface area contributed by atoms with Crippen LogP contribution >= 0.6 is 24.0 Å². The standard InChI is InChI=1S/C13H16N2S2/c16-13-14-11-3-1-2-4-12(11)15(13)9-10-5-7-17-8-6-10/h1-4,10H,5-9H2,(H,14,16). The third-order valence-electron chi connectivity index (χ3n) is 3.46. The molecule has 90 valence electrons. The van der Waals surface area contributed by atoms with E-state index in [1.54, 1.807) is 0 Å². The van der Waals surface area contributed by atoms with Crippen molar-refractivity contribution in [3.63, 3.8) is 0 Å². The lowest BCUT2D eigenvalue weighted by molar-refractivity contribution is 0.420. The number of thioether (sulfide) groups is 1. The molecule has 2 aromatic rings. The molecule has 1 aromatic heterocycles. The molecule has 1 fully saturated rings. The van der Waals surface area contributed by atoms with Crippen LogP contribution in [-0.4, -0.2) is 21.1 Å². The van der Waals surface area contributed by atoms with E-state index in [0.29, 0.717) is 0 Å². The molecule has 17 heavy (non-hydrogen) atoms. The Morgan fingerprint density at radius 3 is 2.88 bits per heavy atom. The molecule has 1 aliphatic rings. The SMILES string of the molecule is S=c1[nH]c2ccccc2n1CC1CCSCC1. The normalized spacial score (nSPS) is 17.6.